The molecule has 11 nitrogen and oxygen atoms in total. The molecule has 0 spiro atoms. The minimum absolute atomic E-state index is 0.148. The normalized spacial score (nSPS) is 14.1. The van der Waals surface area contributed by atoms with Crippen molar-refractivity contribution in [3.8, 4) is 0 Å². The lowest BCUT2D eigenvalue weighted by Crippen LogP contribution is -2.34. The van der Waals surface area contributed by atoms with E-state index in [0.29, 0.717) is 12.8 Å². The molecule has 3 atom stereocenters. The van der Waals surface area contributed by atoms with Crippen LogP contribution >= 0.6 is 7.82 Å². The fourth-order valence-electron chi connectivity index (χ4n) is 5.52. The first-order valence-corrected chi connectivity index (χ1v) is 22.5. The molecule has 0 aliphatic heterocycles. The van der Waals surface area contributed by atoms with Crippen molar-refractivity contribution in [2.24, 2.45) is 5.73 Å². The van der Waals surface area contributed by atoms with Gasteiger partial charge in [0.15, 0.2) is 6.10 Å². The number of aliphatic carboxylic acids is 1. The van der Waals surface area contributed by atoms with Crippen LogP contribution in [0.5, 0.6) is 0 Å². The van der Waals surface area contributed by atoms with Gasteiger partial charge >= 0.3 is 25.7 Å². The van der Waals surface area contributed by atoms with E-state index in [2.05, 4.69) is 54.8 Å². The minimum Gasteiger partial charge on any atom is -0.480 e. The molecule has 0 heterocycles. The van der Waals surface area contributed by atoms with Crippen LogP contribution in [0.15, 0.2) is 36.5 Å². The fraction of sp³-hybridized carbons (Fsp3) is 0.786. The number of phosphoric acid groups is 1. The second-order valence-electron chi connectivity index (χ2n) is 14.1. The molecule has 0 aromatic rings. The number of unbranched alkanes of at least 4 members (excludes halogenated alkanes) is 20. The lowest BCUT2D eigenvalue weighted by Gasteiger charge is -2.20. The van der Waals surface area contributed by atoms with Crippen molar-refractivity contribution >= 4 is 25.7 Å². The van der Waals surface area contributed by atoms with Gasteiger partial charge in [0.1, 0.15) is 12.6 Å². The Hall–Kier alpha value is -2.30. The SMILES string of the molecule is CCCCCC/C=C/C=C/CCCCCCCC(=O)OC[C@H](COP(=O)(O)OC[C@H](N)C(=O)O)OC(=O)CCCCCCC/C=C/CCCCCCCC. The summed E-state index contributed by atoms with van der Waals surface area (Å²) in [7, 11) is -4.72. The molecular weight excluding hydrogens is 709 g/mol. The number of rotatable bonds is 39. The zero-order chi connectivity index (χ0) is 40.0. The molecule has 0 aliphatic rings. The quantitative estimate of drug-likeness (QED) is 0.0178. The van der Waals surface area contributed by atoms with Crippen molar-refractivity contribution in [3.05, 3.63) is 36.5 Å². The maximum Gasteiger partial charge on any atom is 0.472 e. The highest BCUT2D eigenvalue weighted by atomic mass is 31.2. The van der Waals surface area contributed by atoms with E-state index in [4.69, 9.17) is 24.8 Å². The Morgan fingerprint density at radius 1 is 0.574 bits per heavy atom. The number of ether oxygens (including phenoxy) is 2. The van der Waals surface area contributed by atoms with E-state index in [0.717, 1.165) is 77.0 Å². The van der Waals surface area contributed by atoms with Crippen LogP contribution in [0.4, 0.5) is 0 Å². The molecule has 12 heteroatoms. The summed E-state index contributed by atoms with van der Waals surface area (Å²) in [6.07, 6.45) is 39.2. The first kappa shape index (κ1) is 51.7. The Bertz CT molecular complexity index is 1060. The molecule has 0 saturated carbocycles. The number of carbonyl (C=O) groups is 3. The van der Waals surface area contributed by atoms with Crippen LogP contribution in [0.25, 0.3) is 0 Å². The standard InChI is InChI=1S/C42H76NO10P/c1-3-5-7-9-11-13-15-17-19-21-23-25-27-29-31-33-40(44)50-35-38(36-51-54(48,49)52-37-39(43)42(46)47)53-41(45)34-32-30-28-26-24-22-20-18-16-14-12-10-8-6-4-2/h13,15,17-20,38-39H,3-12,14,16,21-37,43H2,1-2H3,(H,46,47)(H,48,49)/b15-13+,19-17+,20-18+/t38-,39+/m1/s1. The summed E-state index contributed by atoms with van der Waals surface area (Å²) in [6.45, 7) is 2.75. The summed E-state index contributed by atoms with van der Waals surface area (Å²) in [6, 6.07) is -1.52. The van der Waals surface area contributed by atoms with Crippen molar-refractivity contribution in [2.45, 2.75) is 193 Å². The maximum atomic E-state index is 12.6. The molecule has 0 aromatic carbocycles. The van der Waals surface area contributed by atoms with E-state index in [1.807, 2.05) is 0 Å². The Morgan fingerprint density at radius 3 is 1.48 bits per heavy atom. The Kier molecular flexibility index (Phi) is 36.0. The number of carbonyl (C=O) groups excluding carboxylic acids is 2. The van der Waals surface area contributed by atoms with Gasteiger partial charge in [-0.3, -0.25) is 23.4 Å². The third-order valence-electron chi connectivity index (χ3n) is 8.89. The topological polar surface area (TPSA) is 172 Å². The van der Waals surface area contributed by atoms with E-state index in [-0.39, 0.29) is 19.4 Å². The highest BCUT2D eigenvalue weighted by Crippen LogP contribution is 2.43. The van der Waals surface area contributed by atoms with Crippen molar-refractivity contribution < 1.29 is 47.5 Å². The Labute approximate surface area is 327 Å². The second-order valence-corrected chi connectivity index (χ2v) is 15.6. The van der Waals surface area contributed by atoms with Crippen LogP contribution in [-0.4, -0.2) is 59.9 Å². The number of hydrogen-bond donors (Lipinski definition) is 3. The number of phosphoric ester groups is 1. The highest BCUT2D eigenvalue weighted by Gasteiger charge is 2.28. The van der Waals surface area contributed by atoms with E-state index in [9.17, 15) is 23.8 Å². The number of carboxylic acids is 1. The van der Waals surface area contributed by atoms with Gasteiger partial charge in [-0.05, 0) is 64.2 Å². The average molecular weight is 786 g/mol. The van der Waals surface area contributed by atoms with Crippen LogP contribution in [-0.2, 0) is 37.5 Å². The zero-order valence-electron chi connectivity index (χ0n) is 33.8. The summed E-state index contributed by atoms with van der Waals surface area (Å²) in [5.74, 6) is -2.41. The summed E-state index contributed by atoms with van der Waals surface area (Å²) in [5.41, 5.74) is 5.32. The van der Waals surface area contributed by atoms with Crippen LogP contribution in [0.2, 0.25) is 0 Å². The summed E-state index contributed by atoms with van der Waals surface area (Å²) in [4.78, 5) is 45.9. The largest absolute Gasteiger partial charge is 0.480 e. The second kappa shape index (κ2) is 37.6. The van der Waals surface area contributed by atoms with Gasteiger partial charge < -0.3 is 25.2 Å². The van der Waals surface area contributed by atoms with Crippen LogP contribution in [0, 0.1) is 0 Å². The predicted octanol–water partition coefficient (Wildman–Crippen LogP) is 10.8. The number of esters is 2. The molecule has 0 bridgehead atoms. The fourth-order valence-corrected chi connectivity index (χ4v) is 6.30. The molecule has 0 aromatic heterocycles. The predicted molar refractivity (Wildman–Crippen MR) is 217 cm³/mol. The van der Waals surface area contributed by atoms with E-state index in [1.165, 1.54) is 64.2 Å². The van der Waals surface area contributed by atoms with Gasteiger partial charge in [-0.25, -0.2) is 4.57 Å². The van der Waals surface area contributed by atoms with Gasteiger partial charge in [-0.15, -0.1) is 0 Å². The molecular formula is C42H76NO10P. The maximum absolute atomic E-state index is 12.6. The number of allylic oxidation sites excluding steroid dienone is 6. The number of carboxylic acid groups (broad SMARTS) is 1. The molecule has 54 heavy (non-hydrogen) atoms. The molecule has 0 radical (unpaired) electrons. The Balaban J connectivity index is 4.43. The number of hydrogen-bond acceptors (Lipinski definition) is 9. The van der Waals surface area contributed by atoms with E-state index < -0.39 is 51.1 Å². The summed E-state index contributed by atoms with van der Waals surface area (Å²) >= 11 is 0. The van der Waals surface area contributed by atoms with E-state index in [1.54, 1.807) is 0 Å². The highest BCUT2D eigenvalue weighted by molar-refractivity contribution is 7.47. The van der Waals surface area contributed by atoms with Gasteiger partial charge in [0, 0.05) is 12.8 Å². The molecule has 0 aliphatic carbocycles. The monoisotopic (exact) mass is 786 g/mol. The smallest absolute Gasteiger partial charge is 0.472 e. The Morgan fingerprint density at radius 2 is 0.981 bits per heavy atom. The number of nitrogens with two attached hydrogens (primary N) is 1. The third kappa shape index (κ3) is 36.7. The lowest BCUT2D eigenvalue weighted by molar-refractivity contribution is -0.161. The summed E-state index contributed by atoms with van der Waals surface area (Å²) < 4.78 is 32.6. The lowest BCUT2D eigenvalue weighted by atomic mass is 10.1. The average Bonchev–Trinajstić information content (AvgIpc) is 3.14. The third-order valence-corrected chi connectivity index (χ3v) is 9.84. The van der Waals surface area contributed by atoms with Crippen molar-refractivity contribution in [1.82, 2.24) is 0 Å². The van der Waals surface area contributed by atoms with Gasteiger partial charge in [0.05, 0.1) is 13.2 Å². The van der Waals surface area contributed by atoms with Crippen molar-refractivity contribution in [1.29, 1.82) is 0 Å². The molecule has 4 N–H and O–H groups in total. The van der Waals surface area contributed by atoms with Crippen LogP contribution in [0.3, 0.4) is 0 Å². The molecule has 0 fully saturated rings. The van der Waals surface area contributed by atoms with Gasteiger partial charge in [0.2, 0.25) is 0 Å². The van der Waals surface area contributed by atoms with Gasteiger partial charge in [0.25, 0.3) is 0 Å². The van der Waals surface area contributed by atoms with Crippen molar-refractivity contribution in [2.75, 3.05) is 19.8 Å². The van der Waals surface area contributed by atoms with Gasteiger partial charge in [-0.1, -0.05) is 140 Å². The minimum atomic E-state index is -4.72. The van der Waals surface area contributed by atoms with Crippen molar-refractivity contribution in [3.63, 3.8) is 0 Å². The van der Waals surface area contributed by atoms with Gasteiger partial charge in [-0.2, -0.15) is 0 Å². The van der Waals surface area contributed by atoms with Crippen LogP contribution < -0.4 is 5.73 Å². The summed E-state index contributed by atoms with van der Waals surface area (Å²) in [5, 5.41) is 8.88. The zero-order valence-corrected chi connectivity index (χ0v) is 34.7. The van der Waals surface area contributed by atoms with E-state index >= 15 is 0 Å². The first-order valence-electron chi connectivity index (χ1n) is 21.0. The molecule has 1 unspecified atom stereocenters. The molecule has 0 rings (SSSR count). The van der Waals surface area contributed by atoms with Crippen LogP contribution in [0.1, 0.15) is 181 Å². The molecule has 314 valence electrons. The molecule has 0 saturated heterocycles. The molecule has 0 amide bonds. The first-order chi connectivity index (χ1) is 26.1.